The molecule has 3 aromatic heterocycles. The molecule has 1 amide bonds. The summed E-state index contributed by atoms with van der Waals surface area (Å²) < 4.78 is 0. The van der Waals surface area contributed by atoms with Gasteiger partial charge in [0.15, 0.2) is 11.3 Å². The van der Waals surface area contributed by atoms with E-state index in [1.807, 2.05) is 19.1 Å². The van der Waals surface area contributed by atoms with Gasteiger partial charge in [-0.05, 0) is 51.2 Å². The summed E-state index contributed by atoms with van der Waals surface area (Å²) in [6, 6.07) is 4.65. The first kappa shape index (κ1) is 14.6. The van der Waals surface area contributed by atoms with Gasteiger partial charge in [-0.2, -0.15) is 10.2 Å². The van der Waals surface area contributed by atoms with Crippen molar-refractivity contribution < 1.29 is 4.79 Å². The van der Waals surface area contributed by atoms with Crippen molar-refractivity contribution in [3.8, 4) is 11.3 Å². The number of hydrogen-bond donors (Lipinski definition) is 2. The number of H-pyrrole nitrogens is 2. The maximum atomic E-state index is 13.0. The van der Waals surface area contributed by atoms with Gasteiger partial charge in [0.1, 0.15) is 0 Å². The minimum Gasteiger partial charge on any atom is -0.331 e. The van der Waals surface area contributed by atoms with Crippen LogP contribution in [-0.4, -0.2) is 48.3 Å². The Morgan fingerprint density at radius 3 is 2.76 bits per heavy atom. The summed E-state index contributed by atoms with van der Waals surface area (Å²) in [6.07, 6.45) is 7.50. The first-order valence-electron chi connectivity index (χ1n) is 8.90. The largest absolute Gasteiger partial charge is 0.331 e. The first-order chi connectivity index (χ1) is 12.2. The van der Waals surface area contributed by atoms with Crippen molar-refractivity contribution in [3.05, 3.63) is 29.7 Å². The van der Waals surface area contributed by atoms with Crippen LogP contribution in [0.25, 0.3) is 22.3 Å². The molecule has 2 fully saturated rings. The summed E-state index contributed by atoms with van der Waals surface area (Å²) in [5.41, 5.74) is 3.92. The molecule has 7 heteroatoms. The second kappa shape index (κ2) is 5.40. The third-order valence-electron chi connectivity index (χ3n) is 5.57. The fraction of sp³-hybridized carbons (Fsp3) is 0.444. The van der Waals surface area contributed by atoms with E-state index in [-0.39, 0.29) is 5.91 Å². The van der Waals surface area contributed by atoms with Crippen molar-refractivity contribution in [3.63, 3.8) is 0 Å². The monoisotopic (exact) mass is 336 g/mol. The van der Waals surface area contributed by atoms with E-state index in [1.165, 1.54) is 6.42 Å². The quantitative estimate of drug-likeness (QED) is 0.753. The van der Waals surface area contributed by atoms with Crippen LogP contribution >= 0.6 is 0 Å². The lowest BCUT2D eigenvalue weighted by atomic mass is 10.0. The molecule has 2 atom stereocenters. The molecule has 0 saturated carbocycles. The number of carbonyl (C=O) groups excluding carboxylic acids is 1. The van der Waals surface area contributed by atoms with E-state index >= 15 is 0 Å². The molecule has 0 aromatic carbocycles. The van der Waals surface area contributed by atoms with Crippen LogP contribution in [0.15, 0.2) is 18.3 Å². The van der Waals surface area contributed by atoms with Gasteiger partial charge in [-0.25, -0.2) is 4.98 Å². The van der Waals surface area contributed by atoms with Gasteiger partial charge >= 0.3 is 0 Å². The second-order valence-electron chi connectivity index (χ2n) is 7.14. The third kappa shape index (κ3) is 2.26. The average Bonchev–Trinajstić information content (AvgIpc) is 3.32. The fourth-order valence-corrected chi connectivity index (χ4v) is 4.43. The zero-order valence-corrected chi connectivity index (χ0v) is 14.1. The number of aryl methyl sites for hydroxylation is 1. The highest BCUT2D eigenvalue weighted by molar-refractivity contribution is 5.96. The Hall–Kier alpha value is -2.70. The SMILES string of the molecule is Cc1cc(-c2cc(C(=O)N3C4CCCC3CC4)n[nH]2)c2cn[nH]c2n1. The number of rotatable bonds is 2. The molecule has 7 nitrogen and oxygen atoms in total. The van der Waals surface area contributed by atoms with E-state index < -0.39 is 0 Å². The highest BCUT2D eigenvalue weighted by Crippen LogP contribution is 2.36. The lowest BCUT2D eigenvalue weighted by Gasteiger charge is -2.34. The fourth-order valence-electron chi connectivity index (χ4n) is 4.43. The van der Waals surface area contributed by atoms with Crippen LogP contribution in [0, 0.1) is 6.92 Å². The Labute approximate surface area is 144 Å². The van der Waals surface area contributed by atoms with Crippen LogP contribution in [0.1, 0.15) is 48.3 Å². The Kier molecular flexibility index (Phi) is 3.16. The van der Waals surface area contributed by atoms with Crippen LogP contribution in [0.5, 0.6) is 0 Å². The van der Waals surface area contributed by atoms with Crippen molar-refractivity contribution >= 4 is 16.9 Å². The molecule has 2 unspecified atom stereocenters. The van der Waals surface area contributed by atoms with Crippen LogP contribution in [-0.2, 0) is 0 Å². The molecule has 2 aliphatic heterocycles. The molecule has 2 aliphatic rings. The summed E-state index contributed by atoms with van der Waals surface area (Å²) in [4.78, 5) is 19.5. The Morgan fingerprint density at radius 2 is 1.96 bits per heavy atom. The zero-order valence-electron chi connectivity index (χ0n) is 14.1. The van der Waals surface area contributed by atoms with E-state index in [2.05, 4.69) is 30.3 Å². The van der Waals surface area contributed by atoms with Crippen molar-refractivity contribution in [1.82, 2.24) is 30.3 Å². The van der Waals surface area contributed by atoms with Crippen molar-refractivity contribution in [2.24, 2.45) is 0 Å². The van der Waals surface area contributed by atoms with Crippen LogP contribution in [0.3, 0.4) is 0 Å². The minimum atomic E-state index is 0.0592. The number of fused-ring (bicyclic) bond motifs is 3. The molecule has 128 valence electrons. The molecular formula is C18H20N6O. The highest BCUT2D eigenvalue weighted by Gasteiger charge is 2.40. The molecule has 0 aliphatic carbocycles. The van der Waals surface area contributed by atoms with E-state index in [4.69, 9.17) is 0 Å². The van der Waals surface area contributed by atoms with E-state index in [0.717, 1.165) is 53.7 Å². The van der Waals surface area contributed by atoms with Crippen molar-refractivity contribution in [2.45, 2.75) is 51.1 Å². The summed E-state index contributed by atoms with van der Waals surface area (Å²) in [5, 5.41) is 15.3. The lowest BCUT2D eigenvalue weighted by Crippen LogP contribution is -2.44. The maximum Gasteiger partial charge on any atom is 0.274 e. The predicted molar refractivity (Wildman–Crippen MR) is 93.0 cm³/mol. The van der Waals surface area contributed by atoms with E-state index in [0.29, 0.717) is 17.8 Å². The number of nitrogens with zero attached hydrogens (tertiary/aromatic N) is 4. The molecule has 5 rings (SSSR count). The summed E-state index contributed by atoms with van der Waals surface area (Å²) in [6.45, 7) is 1.94. The standard InChI is InChI=1S/C18H20N6O/c1-10-7-13(14-9-19-23-17(14)20-10)15-8-16(22-21-15)18(25)24-11-3-2-4-12(24)6-5-11/h7-9,11-12H,2-6H2,1H3,(H,21,22)(H,19,20,23). The van der Waals surface area contributed by atoms with E-state index in [9.17, 15) is 4.79 Å². The van der Waals surface area contributed by atoms with Crippen molar-refractivity contribution in [1.29, 1.82) is 0 Å². The third-order valence-corrected chi connectivity index (χ3v) is 5.57. The number of carbonyl (C=O) groups is 1. The normalized spacial score (nSPS) is 22.7. The predicted octanol–water partition coefficient (Wildman–Crippen LogP) is 2.81. The first-order valence-corrected chi connectivity index (χ1v) is 8.90. The Bertz CT molecular complexity index is 942. The second-order valence-corrected chi connectivity index (χ2v) is 7.14. The summed E-state index contributed by atoms with van der Waals surface area (Å²) in [5.74, 6) is 0.0592. The number of nitrogens with one attached hydrogen (secondary N) is 2. The molecule has 2 bridgehead atoms. The minimum absolute atomic E-state index is 0.0592. The van der Waals surface area contributed by atoms with Gasteiger partial charge in [-0.15, -0.1) is 0 Å². The number of pyridine rings is 1. The maximum absolute atomic E-state index is 13.0. The van der Waals surface area contributed by atoms with Gasteiger partial charge in [0.25, 0.3) is 5.91 Å². The number of aromatic nitrogens is 5. The van der Waals surface area contributed by atoms with Crippen LogP contribution < -0.4 is 0 Å². The molecule has 25 heavy (non-hydrogen) atoms. The van der Waals surface area contributed by atoms with Gasteiger partial charge in [-0.1, -0.05) is 0 Å². The molecule has 3 aromatic rings. The van der Waals surface area contributed by atoms with Gasteiger partial charge in [0, 0.05) is 28.7 Å². The summed E-state index contributed by atoms with van der Waals surface area (Å²) in [7, 11) is 0. The van der Waals surface area contributed by atoms with Gasteiger partial charge < -0.3 is 4.90 Å². The van der Waals surface area contributed by atoms with Crippen molar-refractivity contribution in [2.75, 3.05) is 0 Å². The number of aromatic amines is 2. The van der Waals surface area contributed by atoms with Gasteiger partial charge in [0.2, 0.25) is 0 Å². The Balaban J connectivity index is 1.51. The number of piperidine rings is 1. The molecule has 0 spiro atoms. The molecule has 2 N–H and O–H groups in total. The molecule has 0 radical (unpaired) electrons. The number of amides is 1. The van der Waals surface area contributed by atoms with Crippen LogP contribution in [0.2, 0.25) is 0 Å². The van der Waals surface area contributed by atoms with Gasteiger partial charge in [0.05, 0.1) is 11.9 Å². The Morgan fingerprint density at radius 1 is 1.16 bits per heavy atom. The van der Waals surface area contributed by atoms with Crippen LogP contribution in [0.4, 0.5) is 0 Å². The lowest BCUT2D eigenvalue weighted by molar-refractivity contribution is 0.0589. The highest BCUT2D eigenvalue weighted by atomic mass is 16.2. The number of hydrogen-bond acceptors (Lipinski definition) is 4. The zero-order chi connectivity index (χ0) is 17.0. The average molecular weight is 336 g/mol. The van der Waals surface area contributed by atoms with E-state index in [1.54, 1.807) is 6.20 Å². The molecule has 2 saturated heterocycles. The molecule has 5 heterocycles. The summed E-state index contributed by atoms with van der Waals surface area (Å²) >= 11 is 0. The van der Waals surface area contributed by atoms with Gasteiger partial charge in [-0.3, -0.25) is 15.0 Å². The smallest absolute Gasteiger partial charge is 0.274 e. The molecular weight excluding hydrogens is 316 g/mol. The topological polar surface area (TPSA) is 90.6 Å².